The van der Waals surface area contributed by atoms with E-state index >= 15 is 0 Å². The van der Waals surface area contributed by atoms with E-state index < -0.39 is 5.97 Å². The molecular formula is C12H12ClNO2. The van der Waals surface area contributed by atoms with E-state index in [-0.39, 0.29) is 19.0 Å². The van der Waals surface area contributed by atoms with Gasteiger partial charge in [-0.05, 0) is 22.9 Å². The first-order valence-electron chi connectivity index (χ1n) is 4.70. The Labute approximate surface area is 99.5 Å². The summed E-state index contributed by atoms with van der Waals surface area (Å²) in [6.45, 7) is -0.0572. The van der Waals surface area contributed by atoms with Gasteiger partial charge in [-0.1, -0.05) is 30.3 Å². The zero-order chi connectivity index (χ0) is 10.7. The van der Waals surface area contributed by atoms with Crippen molar-refractivity contribution >= 4 is 34.8 Å². The van der Waals surface area contributed by atoms with Gasteiger partial charge in [-0.25, -0.2) is 0 Å². The van der Waals surface area contributed by atoms with Gasteiger partial charge in [0.05, 0.1) is 0 Å². The topological polar surface area (TPSA) is 49.3 Å². The highest BCUT2D eigenvalue weighted by Gasteiger charge is 1.98. The van der Waals surface area contributed by atoms with Gasteiger partial charge < -0.3 is 10.4 Å². The van der Waals surface area contributed by atoms with E-state index in [4.69, 9.17) is 5.11 Å². The van der Waals surface area contributed by atoms with E-state index in [1.165, 1.54) is 0 Å². The quantitative estimate of drug-likeness (QED) is 0.863. The van der Waals surface area contributed by atoms with Crippen molar-refractivity contribution < 1.29 is 9.90 Å². The highest BCUT2D eigenvalue weighted by molar-refractivity contribution is 5.86. The maximum Gasteiger partial charge on any atom is 0.322 e. The summed E-state index contributed by atoms with van der Waals surface area (Å²) in [5.41, 5.74) is 0.830. The highest BCUT2D eigenvalue weighted by Crippen LogP contribution is 2.18. The van der Waals surface area contributed by atoms with Crippen LogP contribution < -0.4 is 5.32 Å². The second-order valence-corrected chi connectivity index (χ2v) is 3.31. The number of rotatable bonds is 3. The van der Waals surface area contributed by atoms with E-state index in [0.29, 0.717) is 0 Å². The third-order valence-corrected chi connectivity index (χ3v) is 2.19. The molecule has 0 spiro atoms. The van der Waals surface area contributed by atoms with E-state index in [1.54, 1.807) is 0 Å². The van der Waals surface area contributed by atoms with Gasteiger partial charge in [0.15, 0.2) is 0 Å². The molecule has 2 rings (SSSR count). The van der Waals surface area contributed by atoms with Gasteiger partial charge in [-0.3, -0.25) is 4.79 Å². The van der Waals surface area contributed by atoms with Crippen LogP contribution in [0.3, 0.4) is 0 Å². The minimum absolute atomic E-state index is 0. The molecule has 2 aromatic rings. The Balaban J connectivity index is 0.00000128. The summed E-state index contributed by atoms with van der Waals surface area (Å²) in [7, 11) is 0. The Morgan fingerprint density at radius 3 is 2.50 bits per heavy atom. The first kappa shape index (κ1) is 12.3. The summed E-state index contributed by atoms with van der Waals surface area (Å²) in [6, 6.07) is 13.8. The molecule has 2 N–H and O–H groups in total. The largest absolute Gasteiger partial charge is 0.480 e. The maximum absolute atomic E-state index is 10.4. The highest BCUT2D eigenvalue weighted by atomic mass is 35.5. The van der Waals surface area contributed by atoms with Gasteiger partial charge in [0, 0.05) is 5.69 Å². The van der Waals surface area contributed by atoms with Crippen LogP contribution in [0.5, 0.6) is 0 Å². The number of nitrogens with one attached hydrogen (secondary N) is 1. The molecule has 0 bridgehead atoms. The second kappa shape index (κ2) is 5.37. The molecule has 0 radical (unpaired) electrons. The number of carboxylic acids is 1. The number of hydrogen-bond donors (Lipinski definition) is 2. The van der Waals surface area contributed by atoms with E-state index in [2.05, 4.69) is 5.32 Å². The number of hydrogen-bond acceptors (Lipinski definition) is 2. The fourth-order valence-corrected chi connectivity index (χ4v) is 1.48. The number of benzene rings is 2. The van der Waals surface area contributed by atoms with Crippen LogP contribution >= 0.6 is 12.4 Å². The molecule has 16 heavy (non-hydrogen) atoms. The molecule has 0 amide bonds. The van der Waals surface area contributed by atoms with Crippen molar-refractivity contribution in [2.45, 2.75) is 0 Å². The molecule has 0 unspecified atom stereocenters. The number of halogens is 1. The van der Waals surface area contributed by atoms with Crippen LogP contribution in [0.1, 0.15) is 0 Å². The van der Waals surface area contributed by atoms with Crippen LogP contribution in [0.4, 0.5) is 5.69 Å². The number of aliphatic carboxylic acids is 1. The third kappa shape index (κ3) is 2.87. The molecule has 4 heteroatoms. The second-order valence-electron chi connectivity index (χ2n) is 3.31. The number of carboxylic acid groups (broad SMARTS) is 1. The van der Waals surface area contributed by atoms with Gasteiger partial charge in [0.1, 0.15) is 6.54 Å². The lowest BCUT2D eigenvalue weighted by Gasteiger charge is -2.04. The number of fused-ring (bicyclic) bond motifs is 1. The van der Waals surface area contributed by atoms with Crippen LogP contribution in [-0.4, -0.2) is 17.6 Å². The van der Waals surface area contributed by atoms with Crippen molar-refractivity contribution in [3.63, 3.8) is 0 Å². The predicted octanol–water partition coefficient (Wildman–Crippen LogP) is 2.76. The molecule has 0 saturated carbocycles. The zero-order valence-electron chi connectivity index (χ0n) is 8.51. The Morgan fingerprint density at radius 2 is 1.81 bits per heavy atom. The van der Waals surface area contributed by atoms with Gasteiger partial charge in [-0.15, -0.1) is 12.4 Å². The smallest absolute Gasteiger partial charge is 0.322 e. The molecule has 0 atom stereocenters. The van der Waals surface area contributed by atoms with Crippen molar-refractivity contribution in [1.29, 1.82) is 0 Å². The molecule has 0 heterocycles. The average molecular weight is 238 g/mol. The molecule has 0 aromatic heterocycles. The maximum atomic E-state index is 10.4. The normalized spacial score (nSPS) is 9.50. The fraction of sp³-hybridized carbons (Fsp3) is 0.0833. The minimum atomic E-state index is -0.858. The molecule has 0 aliphatic heterocycles. The first-order valence-corrected chi connectivity index (χ1v) is 4.70. The van der Waals surface area contributed by atoms with Crippen molar-refractivity contribution in [2.75, 3.05) is 11.9 Å². The summed E-state index contributed by atoms with van der Waals surface area (Å²) < 4.78 is 0. The van der Waals surface area contributed by atoms with Crippen molar-refractivity contribution in [1.82, 2.24) is 0 Å². The van der Waals surface area contributed by atoms with Crippen LogP contribution in [-0.2, 0) is 4.79 Å². The van der Waals surface area contributed by atoms with E-state index in [0.717, 1.165) is 16.5 Å². The van der Waals surface area contributed by atoms with Crippen molar-refractivity contribution in [3.05, 3.63) is 42.5 Å². The number of anilines is 1. The standard InChI is InChI=1S/C12H11NO2.ClH/c14-12(15)8-13-11-6-5-9-3-1-2-4-10(9)7-11;/h1-7,13H,8H2,(H,14,15);1H. The Hall–Kier alpha value is -1.74. The van der Waals surface area contributed by atoms with Gasteiger partial charge in [0.2, 0.25) is 0 Å². The summed E-state index contributed by atoms with van der Waals surface area (Å²) >= 11 is 0. The molecule has 84 valence electrons. The Morgan fingerprint density at radius 1 is 1.12 bits per heavy atom. The first-order chi connectivity index (χ1) is 7.25. The molecule has 3 nitrogen and oxygen atoms in total. The lowest BCUT2D eigenvalue weighted by atomic mass is 10.1. The van der Waals surface area contributed by atoms with Crippen LogP contribution in [0.15, 0.2) is 42.5 Å². The SMILES string of the molecule is Cl.O=C(O)CNc1ccc2ccccc2c1. The molecule has 2 aromatic carbocycles. The van der Waals surface area contributed by atoms with E-state index in [1.807, 2.05) is 42.5 Å². The van der Waals surface area contributed by atoms with Crippen molar-refractivity contribution in [3.8, 4) is 0 Å². The molecule has 0 fully saturated rings. The molecule has 0 aliphatic rings. The summed E-state index contributed by atoms with van der Waals surface area (Å²) in [5.74, 6) is -0.858. The zero-order valence-corrected chi connectivity index (χ0v) is 9.33. The fourth-order valence-electron chi connectivity index (χ4n) is 1.48. The van der Waals surface area contributed by atoms with Gasteiger partial charge in [0.25, 0.3) is 0 Å². The lowest BCUT2D eigenvalue weighted by Crippen LogP contribution is -2.11. The molecule has 0 aliphatic carbocycles. The lowest BCUT2D eigenvalue weighted by molar-refractivity contribution is -0.134. The summed E-state index contributed by atoms with van der Waals surface area (Å²) in [5, 5.41) is 13.6. The summed E-state index contributed by atoms with van der Waals surface area (Å²) in [4.78, 5) is 10.4. The number of carbonyl (C=O) groups is 1. The Bertz CT molecular complexity index is 499. The molecule has 0 saturated heterocycles. The summed E-state index contributed by atoms with van der Waals surface area (Å²) in [6.07, 6.45) is 0. The van der Waals surface area contributed by atoms with Crippen LogP contribution in [0, 0.1) is 0 Å². The van der Waals surface area contributed by atoms with E-state index in [9.17, 15) is 4.79 Å². The molecular weight excluding hydrogens is 226 g/mol. The Kier molecular flexibility index (Phi) is 4.14. The monoisotopic (exact) mass is 237 g/mol. The minimum Gasteiger partial charge on any atom is -0.480 e. The third-order valence-electron chi connectivity index (χ3n) is 2.19. The van der Waals surface area contributed by atoms with Crippen molar-refractivity contribution in [2.24, 2.45) is 0 Å². The van der Waals surface area contributed by atoms with Gasteiger partial charge >= 0.3 is 5.97 Å². The predicted molar refractivity (Wildman–Crippen MR) is 67.3 cm³/mol. The van der Waals surface area contributed by atoms with Crippen LogP contribution in [0.2, 0.25) is 0 Å². The average Bonchev–Trinajstić information content (AvgIpc) is 2.26. The van der Waals surface area contributed by atoms with Gasteiger partial charge in [-0.2, -0.15) is 0 Å². The van der Waals surface area contributed by atoms with Crippen LogP contribution in [0.25, 0.3) is 10.8 Å².